The minimum atomic E-state index is 0.163. The zero-order valence-corrected chi connectivity index (χ0v) is 8.99. The van der Waals surface area contributed by atoms with Gasteiger partial charge < -0.3 is 10.5 Å². The number of ether oxygens (including phenoxy) is 1. The van der Waals surface area contributed by atoms with Crippen LogP contribution in [0.15, 0.2) is 24.3 Å². The van der Waals surface area contributed by atoms with Gasteiger partial charge in [-0.1, -0.05) is 25.5 Å². The van der Waals surface area contributed by atoms with Crippen molar-refractivity contribution in [3.8, 4) is 5.75 Å². The van der Waals surface area contributed by atoms with Crippen LogP contribution in [0.1, 0.15) is 38.3 Å². The Kier molecular flexibility index (Phi) is 4.47. The minimum absolute atomic E-state index is 0.163. The second-order valence-corrected chi connectivity index (χ2v) is 3.40. The predicted molar refractivity (Wildman–Crippen MR) is 59.4 cm³/mol. The maximum Gasteiger partial charge on any atom is 0.119 e. The third kappa shape index (κ3) is 3.04. The topological polar surface area (TPSA) is 35.2 Å². The first-order valence-electron chi connectivity index (χ1n) is 5.26. The largest absolute Gasteiger partial charge is 0.494 e. The number of rotatable bonds is 5. The van der Waals surface area contributed by atoms with Crippen molar-refractivity contribution in [3.05, 3.63) is 29.8 Å². The maximum atomic E-state index is 5.99. The van der Waals surface area contributed by atoms with E-state index in [2.05, 4.69) is 6.92 Å². The van der Waals surface area contributed by atoms with E-state index in [-0.39, 0.29) is 6.04 Å². The van der Waals surface area contributed by atoms with E-state index < -0.39 is 0 Å². The minimum Gasteiger partial charge on any atom is -0.494 e. The van der Waals surface area contributed by atoms with Gasteiger partial charge in [0.05, 0.1) is 6.61 Å². The molecule has 0 heterocycles. The first-order valence-corrected chi connectivity index (χ1v) is 5.26. The van der Waals surface area contributed by atoms with Crippen molar-refractivity contribution in [2.45, 2.75) is 32.7 Å². The van der Waals surface area contributed by atoms with Crippen molar-refractivity contribution in [1.82, 2.24) is 0 Å². The molecule has 0 aliphatic carbocycles. The monoisotopic (exact) mass is 193 g/mol. The van der Waals surface area contributed by atoms with E-state index in [1.54, 1.807) is 0 Å². The van der Waals surface area contributed by atoms with Crippen LogP contribution in [0.5, 0.6) is 5.75 Å². The SMILES string of the molecule is CCC[C@H](N)c1ccc(OCC)cc1. The van der Waals surface area contributed by atoms with E-state index in [0.717, 1.165) is 18.6 Å². The molecule has 2 nitrogen and oxygen atoms in total. The summed E-state index contributed by atoms with van der Waals surface area (Å²) in [4.78, 5) is 0. The molecule has 0 unspecified atom stereocenters. The number of nitrogens with two attached hydrogens (primary N) is 1. The lowest BCUT2D eigenvalue weighted by Gasteiger charge is -2.11. The van der Waals surface area contributed by atoms with E-state index in [1.165, 1.54) is 5.56 Å². The molecule has 1 rings (SSSR count). The van der Waals surface area contributed by atoms with Crippen molar-refractivity contribution in [3.63, 3.8) is 0 Å². The average molecular weight is 193 g/mol. The van der Waals surface area contributed by atoms with Crippen LogP contribution in [0.3, 0.4) is 0 Å². The summed E-state index contributed by atoms with van der Waals surface area (Å²) >= 11 is 0. The van der Waals surface area contributed by atoms with Crippen LogP contribution in [-0.2, 0) is 0 Å². The Bertz CT molecular complexity index is 256. The average Bonchev–Trinajstić information content (AvgIpc) is 2.20. The second kappa shape index (κ2) is 5.66. The lowest BCUT2D eigenvalue weighted by atomic mass is 10.0. The van der Waals surface area contributed by atoms with E-state index in [4.69, 9.17) is 10.5 Å². The van der Waals surface area contributed by atoms with Gasteiger partial charge in [-0.2, -0.15) is 0 Å². The fourth-order valence-electron chi connectivity index (χ4n) is 1.46. The quantitative estimate of drug-likeness (QED) is 0.780. The van der Waals surface area contributed by atoms with Crippen molar-refractivity contribution < 1.29 is 4.74 Å². The van der Waals surface area contributed by atoms with Gasteiger partial charge in [-0.3, -0.25) is 0 Å². The van der Waals surface area contributed by atoms with Gasteiger partial charge >= 0.3 is 0 Å². The van der Waals surface area contributed by atoms with Gasteiger partial charge in [0.15, 0.2) is 0 Å². The van der Waals surface area contributed by atoms with E-state index in [0.29, 0.717) is 6.61 Å². The normalized spacial score (nSPS) is 12.5. The Hall–Kier alpha value is -1.02. The van der Waals surface area contributed by atoms with E-state index in [1.807, 2.05) is 31.2 Å². The molecule has 1 aromatic carbocycles. The predicted octanol–water partition coefficient (Wildman–Crippen LogP) is 2.89. The highest BCUT2D eigenvalue weighted by Gasteiger charge is 2.03. The molecular formula is C12H19NO. The fourth-order valence-corrected chi connectivity index (χ4v) is 1.46. The smallest absolute Gasteiger partial charge is 0.119 e. The summed E-state index contributed by atoms with van der Waals surface area (Å²) in [7, 11) is 0. The van der Waals surface area contributed by atoms with Gasteiger partial charge in [0.1, 0.15) is 5.75 Å². The molecule has 0 fully saturated rings. The standard InChI is InChI=1S/C12H19NO/c1-3-5-12(13)10-6-8-11(9-7-10)14-4-2/h6-9,12H,3-5,13H2,1-2H3/t12-/m0/s1. The Labute approximate surface area is 86.1 Å². The molecule has 2 N–H and O–H groups in total. The van der Waals surface area contributed by atoms with Gasteiger partial charge in [-0.05, 0) is 31.0 Å². The Morgan fingerprint density at radius 1 is 1.21 bits per heavy atom. The van der Waals surface area contributed by atoms with Crippen LogP contribution in [-0.4, -0.2) is 6.61 Å². The number of hydrogen-bond donors (Lipinski definition) is 1. The molecule has 78 valence electrons. The summed E-state index contributed by atoms with van der Waals surface area (Å²) in [6.45, 7) is 4.84. The van der Waals surface area contributed by atoms with Crippen LogP contribution in [0.2, 0.25) is 0 Å². The Morgan fingerprint density at radius 2 is 1.86 bits per heavy atom. The van der Waals surface area contributed by atoms with Crippen LogP contribution in [0.25, 0.3) is 0 Å². The van der Waals surface area contributed by atoms with Gasteiger partial charge in [0.2, 0.25) is 0 Å². The molecule has 0 radical (unpaired) electrons. The Morgan fingerprint density at radius 3 is 2.36 bits per heavy atom. The van der Waals surface area contributed by atoms with Gasteiger partial charge in [0, 0.05) is 6.04 Å². The molecule has 0 saturated heterocycles. The summed E-state index contributed by atoms with van der Waals surface area (Å²) < 4.78 is 5.36. The highest BCUT2D eigenvalue weighted by molar-refractivity contribution is 5.28. The van der Waals surface area contributed by atoms with Crippen LogP contribution < -0.4 is 10.5 Å². The summed E-state index contributed by atoms with van der Waals surface area (Å²) in [5, 5.41) is 0. The highest BCUT2D eigenvalue weighted by Crippen LogP contribution is 2.19. The third-order valence-electron chi connectivity index (χ3n) is 2.22. The second-order valence-electron chi connectivity index (χ2n) is 3.40. The van der Waals surface area contributed by atoms with E-state index >= 15 is 0 Å². The lowest BCUT2D eigenvalue weighted by Crippen LogP contribution is -2.09. The molecule has 14 heavy (non-hydrogen) atoms. The molecule has 0 aliphatic rings. The van der Waals surface area contributed by atoms with Gasteiger partial charge in [-0.25, -0.2) is 0 Å². The van der Waals surface area contributed by atoms with Crippen molar-refractivity contribution in [2.75, 3.05) is 6.61 Å². The number of benzene rings is 1. The number of hydrogen-bond acceptors (Lipinski definition) is 2. The van der Waals surface area contributed by atoms with Crippen LogP contribution in [0.4, 0.5) is 0 Å². The summed E-state index contributed by atoms with van der Waals surface area (Å²) in [6, 6.07) is 8.22. The lowest BCUT2D eigenvalue weighted by molar-refractivity contribution is 0.340. The first kappa shape index (κ1) is 11.1. The molecule has 0 aromatic heterocycles. The molecule has 0 amide bonds. The molecule has 1 aromatic rings. The van der Waals surface area contributed by atoms with Crippen LogP contribution >= 0.6 is 0 Å². The molecule has 0 aliphatic heterocycles. The van der Waals surface area contributed by atoms with Gasteiger partial charge in [0.25, 0.3) is 0 Å². The zero-order chi connectivity index (χ0) is 10.4. The van der Waals surface area contributed by atoms with Crippen LogP contribution in [0, 0.1) is 0 Å². The summed E-state index contributed by atoms with van der Waals surface area (Å²) in [5.74, 6) is 0.917. The molecule has 2 heteroatoms. The maximum absolute atomic E-state index is 5.99. The van der Waals surface area contributed by atoms with Crippen molar-refractivity contribution >= 4 is 0 Å². The van der Waals surface area contributed by atoms with E-state index in [9.17, 15) is 0 Å². The van der Waals surface area contributed by atoms with Gasteiger partial charge in [-0.15, -0.1) is 0 Å². The van der Waals surface area contributed by atoms with Crippen molar-refractivity contribution in [2.24, 2.45) is 5.73 Å². The summed E-state index contributed by atoms with van der Waals surface area (Å²) in [6.07, 6.45) is 2.16. The zero-order valence-electron chi connectivity index (χ0n) is 8.99. The summed E-state index contributed by atoms with van der Waals surface area (Å²) in [5.41, 5.74) is 7.18. The fraction of sp³-hybridized carbons (Fsp3) is 0.500. The molecule has 0 spiro atoms. The third-order valence-corrected chi connectivity index (χ3v) is 2.22. The molecule has 0 bridgehead atoms. The Balaban J connectivity index is 2.62. The molecule has 1 atom stereocenters. The highest BCUT2D eigenvalue weighted by atomic mass is 16.5. The molecule has 0 saturated carbocycles. The first-order chi connectivity index (χ1) is 6.77. The molecular weight excluding hydrogens is 174 g/mol. The van der Waals surface area contributed by atoms with Crippen molar-refractivity contribution in [1.29, 1.82) is 0 Å².